The average molecular weight is 362 g/mol. The predicted octanol–water partition coefficient (Wildman–Crippen LogP) is 6.25. The first-order valence-electron chi connectivity index (χ1n) is 7.59. The molecule has 136 valence electrons. The first kappa shape index (κ1) is 19.1. The summed E-state index contributed by atoms with van der Waals surface area (Å²) in [5.41, 5.74) is 1.05. The Kier molecular flexibility index (Phi) is 5.98. The molecule has 2 rings (SSSR count). The fraction of sp³-hybridized carbons (Fsp3) is 0.333. The molecule has 0 amide bonds. The van der Waals surface area contributed by atoms with Crippen LogP contribution in [0.5, 0.6) is 5.75 Å². The van der Waals surface area contributed by atoms with Gasteiger partial charge >= 0.3 is 12.5 Å². The van der Waals surface area contributed by atoms with Gasteiger partial charge < -0.3 is 4.74 Å². The van der Waals surface area contributed by atoms with Crippen LogP contribution in [-0.2, 0) is 6.42 Å². The van der Waals surface area contributed by atoms with Crippen molar-refractivity contribution in [3.63, 3.8) is 0 Å². The zero-order valence-corrected chi connectivity index (χ0v) is 13.1. The van der Waals surface area contributed by atoms with Crippen molar-refractivity contribution in [2.24, 2.45) is 0 Å². The summed E-state index contributed by atoms with van der Waals surface area (Å²) in [4.78, 5) is 0. The Hall–Kier alpha value is -2.18. The number of alkyl halides is 6. The maximum atomic E-state index is 12.9. The molecule has 1 unspecified atom stereocenters. The normalized spacial score (nSPS) is 13.5. The lowest BCUT2D eigenvalue weighted by molar-refractivity contribution is -0.274. The van der Waals surface area contributed by atoms with Crippen molar-refractivity contribution < 1.29 is 31.1 Å². The maximum Gasteiger partial charge on any atom is 0.573 e. The van der Waals surface area contributed by atoms with Crippen molar-refractivity contribution in [3.05, 3.63) is 65.7 Å². The van der Waals surface area contributed by atoms with Crippen LogP contribution in [0.2, 0.25) is 0 Å². The average Bonchev–Trinajstić information content (AvgIpc) is 2.50. The summed E-state index contributed by atoms with van der Waals surface area (Å²) >= 11 is 0. The molecule has 2 aromatic rings. The van der Waals surface area contributed by atoms with Crippen LogP contribution in [-0.4, -0.2) is 12.5 Å². The Bertz CT molecular complexity index is 663. The Morgan fingerprint density at radius 3 is 2.12 bits per heavy atom. The molecule has 0 spiro atoms. The summed E-state index contributed by atoms with van der Waals surface area (Å²) in [5.74, 6) is -1.46. The third kappa shape index (κ3) is 7.07. The van der Waals surface area contributed by atoms with Gasteiger partial charge in [-0.2, -0.15) is 13.2 Å². The van der Waals surface area contributed by atoms with Gasteiger partial charge in [0.25, 0.3) is 0 Å². The summed E-state index contributed by atoms with van der Waals surface area (Å²) in [6.07, 6.45) is -9.84. The summed E-state index contributed by atoms with van der Waals surface area (Å²) < 4.78 is 79.4. The quantitative estimate of drug-likeness (QED) is 0.552. The number of aryl methyl sites for hydroxylation is 1. The molecule has 0 bridgehead atoms. The molecule has 25 heavy (non-hydrogen) atoms. The topological polar surface area (TPSA) is 9.23 Å². The lowest BCUT2D eigenvalue weighted by Gasteiger charge is -2.20. The van der Waals surface area contributed by atoms with Crippen LogP contribution in [0.15, 0.2) is 54.6 Å². The lowest BCUT2D eigenvalue weighted by Crippen LogP contribution is -2.18. The highest BCUT2D eigenvalue weighted by Gasteiger charge is 2.34. The van der Waals surface area contributed by atoms with E-state index in [1.807, 2.05) is 0 Å². The zero-order chi connectivity index (χ0) is 18.5. The highest BCUT2D eigenvalue weighted by molar-refractivity contribution is 5.31. The van der Waals surface area contributed by atoms with E-state index in [0.717, 1.165) is 17.7 Å². The number of ether oxygens (including phenoxy) is 1. The zero-order valence-electron chi connectivity index (χ0n) is 13.1. The summed E-state index contributed by atoms with van der Waals surface area (Å²) in [6.45, 7) is 0. The van der Waals surface area contributed by atoms with Crippen molar-refractivity contribution >= 4 is 0 Å². The van der Waals surface area contributed by atoms with Gasteiger partial charge in [-0.15, -0.1) is 13.2 Å². The predicted molar refractivity (Wildman–Crippen MR) is 81.3 cm³/mol. The van der Waals surface area contributed by atoms with Gasteiger partial charge in [-0.3, -0.25) is 0 Å². The van der Waals surface area contributed by atoms with Crippen molar-refractivity contribution in [1.82, 2.24) is 0 Å². The molecular weight excluding hydrogens is 346 g/mol. The molecule has 1 nitrogen and oxygen atoms in total. The van der Waals surface area contributed by atoms with E-state index in [9.17, 15) is 26.3 Å². The fourth-order valence-corrected chi connectivity index (χ4v) is 2.62. The second-order valence-corrected chi connectivity index (χ2v) is 5.66. The molecule has 1 atom stereocenters. The molecule has 0 fully saturated rings. The van der Waals surface area contributed by atoms with Gasteiger partial charge in [-0.1, -0.05) is 42.5 Å². The number of halogens is 6. The molecule has 0 aliphatic carbocycles. The number of hydrogen-bond acceptors (Lipinski definition) is 1. The van der Waals surface area contributed by atoms with Crippen LogP contribution in [0.4, 0.5) is 26.3 Å². The second-order valence-electron chi connectivity index (χ2n) is 5.66. The molecule has 0 radical (unpaired) electrons. The van der Waals surface area contributed by atoms with Crippen LogP contribution in [0.1, 0.15) is 29.9 Å². The van der Waals surface area contributed by atoms with E-state index in [-0.39, 0.29) is 12.0 Å². The Morgan fingerprint density at radius 2 is 1.52 bits per heavy atom. The van der Waals surface area contributed by atoms with E-state index in [4.69, 9.17) is 0 Å². The van der Waals surface area contributed by atoms with Crippen LogP contribution in [0.25, 0.3) is 0 Å². The molecule has 0 aliphatic rings. The first-order chi connectivity index (χ1) is 11.6. The van der Waals surface area contributed by atoms with E-state index in [1.54, 1.807) is 30.3 Å². The van der Waals surface area contributed by atoms with Gasteiger partial charge in [0, 0.05) is 0 Å². The van der Waals surface area contributed by atoms with E-state index in [1.165, 1.54) is 12.1 Å². The van der Waals surface area contributed by atoms with E-state index in [2.05, 4.69) is 4.74 Å². The molecule has 0 saturated heterocycles. The van der Waals surface area contributed by atoms with Crippen LogP contribution in [0.3, 0.4) is 0 Å². The van der Waals surface area contributed by atoms with Gasteiger partial charge in [-0.25, -0.2) is 0 Å². The Balaban J connectivity index is 2.18. The minimum Gasteiger partial charge on any atom is -0.406 e. The third-order valence-corrected chi connectivity index (χ3v) is 3.67. The molecule has 0 aliphatic heterocycles. The highest BCUT2D eigenvalue weighted by atomic mass is 19.4. The molecular formula is C18H16F6O. The minimum absolute atomic E-state index is 0.166. The van der Waals surface area contributed by atoms with Gasteiger partial charge in [0.2, 0.25) is 0 Å². The molecule has 0 N–H and O–H groups in total. The Labute approximate surface area is 141 Å². The summed E-state index contributed by atoms with van der Waals surface area (Å²) in [6, 6.07) is 13.7. The lowest BCUT2D eigenvalue weighted by atomic mass is 9.89. The highest BCUT2D eigenvalue weighted by Crippen LogP contribution is 2.36. The second kappa shape index (κ2) is 7.80. The van der Waals surface area contributed by atoms with Gasteiger partial charge in [0.15, 0.2) is 0 Å². The van der Waals surface area contributed by atoms with Crippen molar-refractivity contribution in [2.75, 3.05) is 0 Å². The van der Waals surface area contributed by atoms with E-state index >= 15 is 0 Å². The number of benzene rings is 2. The molecule has 7 heteroatoms. The van der Waals surface area contributed by atoms with Crippen LogP contribution >= 0.6 is 0 Å². The van der Waals surface area contributed by atoms with Crippen molar-refractivity contribution in [2.45, 2.75) is 37.7 Å². The van der Waals surface area contributed by atoms with E-state index < -0.39 is 30.6 Å². The molecule has 2 aromatic carbocycles. The smallest absolute Gasteiger partial charge is 0.406 e. The third-order valence-electron chi connectivity index (χ3n) is 3.67. The SMILES string of the molecule is FC(F)(F)CC(CCc1ccccc1)c1cccc(OC(F)(F)F)c1. The first-order valence-corrected chi connectivity index (χ1v) is 7.59. The van der Waals surface area contributed by atoms with Gasteiger partial charge in [0.1, 0.15) is 5.75 Å². The minimum atomic E-state index is -4.89. The fourth-order valence-electron chi connectivity index (χ4n) is 2.62. The Morgan fingerprint density at radius 1 is 0.840 bits per heavy atom. The summed E-state index contributed by atoms with van der Waals surface area (Å²) in [5, 5.41) is 0. The molecule has 0 heterocycles. The van der Waals surface area contributed by atoms with Crippen LogP contribution < -0.4 is 4.74 Å². The van der Waals surface area contributed by atoms with E-state index in [0.29, 0.717) is 6.42 Å². The monoisotopic (exact) mass is 362 g/mol. The number of hydrogen-bond donors (Lipinski definition) is 0. The molecule has 0 aromatic heterocycles. The van der Waals surface area contributed by atoms with Gasteiger partial charge in [-0.05, 0) is 42.0 Å². The largest absolute Gasteiger partial charge is 0.573 e. The standard InChI is InChI=1S/C18H16F6O/c19-17(20,21)12-15(10-9-13-5-2-1-3-6-13)14-7-4-8-16(11-14)25-18(22,23)24/h1-8,11,15H,9-10,12H2. The van der Waals surface area contributed by atoms with Crippen molar-refractivity contribution in [3.8, 4) is 5.75 Å². The summed E-state index contributed by atoms with van der Waals surface area (Å²) in [7, 11) is 0. The van der Waals surface area contributed by atoms with Gasteiger partial charge in [0.05, 0.1) is 6.42 Å². The molecule has 0 saturated carbocycles. The van der Waals surface area contributed by atoms with Crippen molar-refractivity contribution in [1.29, 1.82) is 0 Å². The van der Waals surface area contributed by atoms with Crippen LogP contribution in [0, 0.1) is 0 Å². The maximum absolute atomic E-state index is 12.9. The number of rotatable bonds is 6.